The lowest BCUT2D eigenvalue weighted by atomic mass is 10.1. The van der Waals surface area contributed by atoms with Gasteiger partial charge in [0.05, 0.1) is 26.5 Å². The third-order valence-electron chi connectivity index (χ3n) is 5.89. The molecule has 0 unspecified atom stereocenters. The van der Waals surface area contributed by atoms with E-state index in [1.54, 1.807) is 30.5 Å². The molecule has 0 aliphatic rings. The van der Waals surface area contributed by atoms with Gasteiger partial charge in [0.25, 0.3) is 0 Å². The number of aryl methyl sites for hydroxylation is 1. The number of anilines is 1. The Morgan fingerprint density at radius 3 is 2.34 bits per heavy atom. The van der Waals surface area contributed by atoms with Gasteiger partial charge in [-0.2, -0.15) is 0 Å². The van der Waals surface area contributed by atoms with E-state index in [0.717, 1.165) is 27.5 Å². The van der Waals surface area contributed by atoms with Crippen molar-refractivity contribution in [2.24, 2.45) is 0 Å². The van der Waals surface area contributed by atoms with Gasteiger partial charge in [-0.25, -0.2) is 13.6 Å². The van der Waals surface area contributed by atoms with E-state index < -0.39 is 17.7 Å². The first-order chi connectivity index (χ1) is 18.2. The van der Waals surface area contributed by atoms with Crippen molar-refractivity contribution in [3.05, 3.63) is 75.5 Å². The van der Waals surface area contributed by atoms with Crippen molar-refractivity contribution < 1.29 is 27.8 Å². The predicted molar refractivity (Wildman–Crippen MR) is 145 cm³/mol. The number of thiophene rings is 1. The summed E-state index contributed by atoms with van der Waals surface area (Å²) in [6, 6.07) is 11.9. The number of halogens is 2. The van der Waals surface area contributed by atoms with Crippen LogP contribution in [0.3, 0.4) is 0 Å². The number of ether oxygens (including phenoxy) is 2. The number of carbonyl (C=O) groups is 2. The van der Waals surface area contributed by atoms with Gasteiger partial charge in [0.2, 0.25) is 5.91 Å². The van der Waals surface area contributed by atoms with E-state index in [9.17, 15) is 18.4 Å². The number of nitrogens with one attached hydrogen (secondary N) is 1. The minimum Gasteiger partial charge on any atom is -0.493 e. The molecule has 0 aliphatic heterocycles. The average molecular weight is 546 g/mol. The summed E-state index contributed by atoms with van der Waals surface area (Å²) in [6.45, 7) is 4.82. The summed E-state index contributed by atoms with van der Waals surface area (Å²) in [4.78, 5) is 31.7. The largest absolute Gasteiger partial charge is 0.493 e. The van der Waals surface area contributed by atoms with Crippen LogP contribution in [-0.4, -0.2) is 55.6 Å². The molecule has 0 bridgehead atoms. The molecule has 0 saturated carbocycles. The van der Waals surface area contributed by atoms with Gasteiger partial charge in [0.1, 0.15) is 18.2 Å². The first kappa shape index (κ1) is 28.9. The van der Waals surface area contributed by atoms with Crippen LogP contribution in [0, 0.1) is 18.6 Å². The first-order valence-corrected chi connectivity index (χ1v) is 13.1. The number of carbonyl (C=O) groups excluding carboxylic acids is 2. The van der Waals surface area contributed by atoms with Gasteiger partial charge in [0.15, 0.2) is 11.5 Å². The van der Waals surface area contributed by atoms with Gasteiger partial charge >= 0.3 is 6.03 Å². The molecule has 0 saturated heterocycles. The summed E-state index contributed by atoms with van der Waals surface area (Å²) in [5, 5.41) is 2.45. The smallest absolute Gasteiger partial charge is 0.322 e. The van der Waals surface area contributed by atoms with Crippen molar-refractivity contribution in [3.63, 3.8) is 0 Å². The molecule has 204 valence electrons. The predicted octanol–water partition coefficient (Wildman–Crippen LogP) is 5.87. The summed E-state index contributed by atoms with van der Waals surface area (Å²) in [6.07, 6.45) is 1.17. The number of urea groups is 1. The number of hydrogen-bond acceptors (Lipinski definition) is 5. The Kier molecular flexibility index (Phi) is 10.5. The van der Waals surface area contributed by atoms with Gasteiger partial charge in [-0.05, 0) is 61.7 Å². The summed E-state index contributed by atoms with van der Waals surface area (Å²) in [5.74, 6) is -0.631. The molecule has 0 spiro atoms. The Hall–Kier alpha value is -3.66. The van der Waals surface area contributed by atoms with E-state index in [1.807, 2.05) is 44.2 Å². The highest BCUT2D eigenvalue weighted by molar-refractivity contribution is 7.11. The molecule has 7 nitrogen and oxygen atoms in total. The lowest BCUT2D eigenvalue weighted by molar-refractivity contribution is -0.132. The third kappa shape index (κ3) is 7.92. The van der Waals surface area contributed by atoms with Crippen LogP contribution in [0.4, 0.5) is 19.3 Å². The van der Waals surface area contributed by atoms with E-state index in [4.69, 9.17) is 9.47 Å². The Labute approximate surface area is 226 Å². The quantitative estimate of drug-likeness (QED) is 0.309. The lowest BCUT2D eigenvalue weighted by Gasteiger charge is -2.27. The molecule has 38 heavy (non-hydrogen) atoms. The lowest BCUT2D eigenvalue weighted by Crippen LogP contribution is -2.45. The van der Waals surface area contributed by atoms with Crippen molar-refractivity contribution in [1.29, 1.82) is 0 Å². The topological polar surface area (TPSA) is 71.1 Å². The first-order valence-electron chi connectivity index (χ1n) is 12.3. The van der Waals surface area contributed by atoms with Crippen molar-refractivity contribution in [2.75, 3.05) is 39.2 Å². The zero-order valence-corrected chi connectivity index (χ0v) is 22.9. The zero-order valence-electron chi connectivity index (χ0n) is 22.1. The number of rotatable bonds is 12. The molecule has 0 aliphatic carbocycles. The van der Waals surface area contributed by atoms with Gasteiger partial charge in [-0.1, -0.05) is 13.0 Å². The highest BCUT2D eigenvalue weighted by Gasteiger charge is 2.22. The third-order valence-corrected chi connectivity index (χ3v) is 6.88. The van der Waals surface area contributed by atoms with Crippen molar-refractivity contribution >= 4 is 29.0 Å². The molecular formula is C28H33F2N3O4S. The minimum atomic E-state index is -0.884. The maximum atomic E-state index is 14.1. The molecule has 10 heteroatoms. The van der Waals surface area contributed by atoms with E-state index in [1.165, 1.54) is 4.90 Å². The fourth-order valence-electron chi connectivity index (χ4n) is 3.92. The summed E-state index contributed by atoms with van der Waals surface area (Å²) < 4.78 is 38.1. The van der Waals surface area contributed by atoms with Crippen LogP contribution in [0.5, 0.6) is 11.5 Å². The molecule has 3 aromatic rings. The van der Waals surface area contributed by atoms with Gasteiger partial charge in [-0.3, -0.25) is 4.79 Å². The molecule has 1 N–H and O–H groups in total. The average Bonchev–Trinajstić information content (AvgIpc) is 3.31. The highest BCUT2D eigenvalue weighted by atomic mass is 32.1. The van der Waals surface area contributed by atoms with Crippen LogP contribution < -0.4 is 14.8 Å². The summed E-state index contributed by atoms with van der Waals surface area (Å²) >= 11 is 1.61. The summed E-state index contributed by atoms with van der Waals surface area (Å²) in [5.41, 5.74) is 0.821. The van der Waals surface area contributed by atoms with Gasteiger partial charge < -0.3 is 24.6 Å². The monoisotopic (exact) mass is 545 g/mol. The van der Waals surface area contributed by atoms with E-state index in [2.05, 4.69) is 5.32 Å². The van der Waals surface area contributed by atoms with Gasteiger partial charge in [0, 0.05) is 28.9 Å². The van der Waals surface area contributed by atoms with E-state index in [-0.39, 0.29) is 18.1 Å². The van der Waals surface area contributed by atoms with Crippen LogP contribution >= 0.6 is 11.3 Å². The number of amides is 3. The fraction of sp³-hybridized carbons (Fsp3) is 0.357. The van der Waals surface area contributed by atoms with Crippen LogP contribution in [0.25, 0.3) is 0 Å². The standard InChI is InChI=1S/C28H33F2N3O4S/c1-5-13-33(28(35)31-24-10-8-21(29)16-23(24)30)18-27(34)32(17-22-9-6-19(2)38-22)14-12-20-7-11-25(36-3)26(15-20)37-4/h6-11,15-16H,5,12-14,17-18H2,1-4H3,(H,31,35). The molecule has 0 radical (unpaired) electrons. The maximum Gasteiger partial charge on any atom is 0.322 e. The fourth-order valence-corrected chi connectivity index (χ4v) is 4.83. The van der Waals surface area contributed by atoms with Gasteiger partial charge in [-0.15, -0.1) is 11.3 Å². The minimum absolute atomic E-state index is 0.149. The van der Waals surface area contributed by atoms with Crippen molar-refractivity contribution in [2.45, 2.75) is 33.2 Å². The Morgan fingerprint density at radius 1 is 0.947 bits per heavy atom. The molecule has 2 aromatic carbocycles. The number of methoxy groups -OCH3 is 2. The number of nitrogens with zero attached hydrogens (tertiary/aromatic N) is 2. The Bertz CT molecular complexity index is 1250. The van der Waals surface area contributed by atoms with E-state index in [0.29, 0.717) is 50.0 Å². The normalized spacial score (nSPS) is 10.7. The van der Waals surface area contributed by atoms with Crippen LogP contribution in [0.1, 0.15) is 28.7 Å². The second-order valence-corrected chi connectivity index (χ2v) is 10.1. The molecule has 0 atom stereocenters. The molecule has 0 fully saturated rings. The maximum absolute atomic E-state index is 14.1. The Morgan fingerprint density at radius 2 is 1.71 bits per heavy atom. The highest BCUT2D eigenvalue weighted by Crippen LogP contribution is 2.28. The molecule has 1 heterocycles. The molecule has 3 amide bonds. The zero-order chi connectivity index (χ0) is 27.7. The second kappa shape index (κ2) is 13.8. The number of benzene rings is 2. The Balaban J connectivity index is 1.75. The summed E-state index contributed by atoms with van der Waals surface area (Å²) in [7, 11) is 3.14. The molecule has 1 aromatic heterocycles. The molecular weight excluding hydrogens is 512 g/mol. The van der Waals surface area contributed by atoms with Crippen LogP contribution in [-0.2, 0) is 17.8 Å². The van der Waals surface area contributed by atoms with E-state index >= 15 is 0 Å². The van der Waals surface area contributed by atoms with Crippen molar-refractivity contribution in [1.82, 2.24) is 9.80 Å². The molecule has 3 rings (SSSR count). The second-order valence-electron chi connectivity index (χ2n) is 8.74. The van der Waals surface area contributed by atoms with Crippen molar-refractivity contribution in [3.8, 4) is 11.5 Å². The number of hydrogen-bond donors (Lipinski definition) is 1. The van der Waals surface area contributed by atoms with Crippen LogP contribution in [0.2, 0.25) is 0 Å². The van der Waals surface area contributed by atoms with Crippen LogP contribution in [0.15, 0.2) is 48.5 Å². The SMILES string of the molecule is CCCN(CC(=O)N(CCc1ccc(OC)c(OC)c1)Cc1ccc(C)s1)C(=O)Nc1ccc(F)cc1F.